The van der Waals surface area contributed by atoms with Crippen LogP contribution < -0.4 is 15.0 Å². The van der Waals surface area contributed by atoms with Crippen molar-refractivity contribution in [2.75, 3.05) is 13.2 Å². The van der Waals surface area contributed by atoms with Crippen LogP contribution in [0.25, 0.3) is 10.9 Å². The lowest BCUT2D eigenvalue weighted by Crippen LogP contribution is -2.58. The number of esters is 1. The summed E-state index contributed by atoms with van der Waals surface area (Å²) in [6.45, 7) is 11.6. The van der Waals surface area contributed by atoms with E-state index in [2.05, 4.69) is 4.98 Å². The van der Waals surface area contributed by atoms with Gasteiger partial charge in [-0.1, -0.05) is 51.1 Å². The van der Waals surface area contributed by atoms with Gasteiger partial charge in [-0.25, -0.2) is 9.78 Å². The Labute approximate surface area is 239 Å². The van der Waals surface area contributed by atoms with Crippen LogP contribution in [0.1, 0.15) is 59.9 Å². The zero-order chi connectivity index (χ0) is 30.0. The van der Waals surface area contributed by atoms with Gasteiger partial charge < -0.3 is 19.3 Å². The van der Waals surface area contributed by atoms with Gasteiger partial charge in [0, 0.05) is 18.7 Å². The third kappa shape index (κ3) is 6.31. The molecule has 1 amide bonds. The number of hydrogen-bond acceptors (Lipinski definition) is 7. The summed E-state index contributed by atoms with van der Waals surface area (Å²) in [4.78, 5) is 44.1. The number of nitrogens with zero attached hydrogens (tertiary/aromatic N) is 3. The van der Waals surface area contributed by atoms with Crippen LogP contribution in [-0.2, 0) is 22.9 Å². The Bertz CT molecular complexity index is 1470. The number of carboxylic acid groups (broad SMARTS) is 1. The largest absolute Gasteiger partial charge is 0.490 e. The number of aromatic nitrogens is 2. The van der Waals surface area contributed by atoms with Gasteiger partial charge in [0.2, 0.25) is 0 Å². The topological polar surface area (TPSA) is 120 Å². The first-order chi connectivity index (χ1) is 19.2. The molecule has 220 valence electrons. The van der Waals surface area contributed by atoms with Gasteiger partial charge in [-0.3, -0.25) is 19.1 Å². The van der Waals surface area contributed by atoms with Crippen molar-refractivity contribution in [1.82, 2.24) is 14.5 Å². The molecule has 10 nitrogen and oxygen atoms in total. The Morgan fingerprint density at radius 2 is 1.76 bits per heavy atom. The molecular formula is C31H39N3O7. The van der Waals surface area contributed by atoms with E-state index in [-0.39, 0.29) is 24.5 Å². The SMILES string of the molecule is CC(C)(C)C(=O)OCn1cnc2cc(OCc3ccccc3)cc(OC[C@]3(C(C)(C)C)CCCN3C(=O)O)c2c1=O. The van der Waals surface area contributed by atoms with Crippen molar-refractivity contribution < 1.29 is 28.9 Å². The molecule has 4 rings (SSSR count). The summed E-state index contributed by atoms with van der Waals surface area (Å²) in [5, 5.41) is 10.2. The molecule has 1 saturated heterocycles. The average Bonchev–Trinajstić information content (AvgIpc) is 3.36. The summed E-state index contributed by atoms with van der Waals surface area (Å²) >= 11 is 0. The first-order valence-corrected chi connectivity index (χ1v) is 13.7. The molecule has 0 aliphatic carbocycles. The van der Waals surface area contributed by atoms with Crippen molar-refractivity contribution >= 4 is 23.0 Å². The minimum Gasteiger partial charge on any atom is -0.490 e. The second-order valence-electron chi connectivity index (χ2n) is 12.5. The highest BCUT2D eigenvalue weighted by atomic mass is 16.5. The summed E-state index contributed by atoms with van der Waals surface area (Å²) in [6.07, 6.45) is 1.65. The van der Waals surface area contributed by atoms with E-state index < -0.39 is 34.0 Å². The first kappa shape index (κ1) is 29.9. The minimum atomic E-state index is -1.00. The summed E-state index contributed by atoms with van der Waals surface area (Å²) in [6, 6.07) is 13.0. The Balaban J connectivity index is 1.73. The smallest absolute Gasteiger partial charge is 0.407 e. The molecule has 2 aromatic carbocycles. The number of fused-ring (bicyclic) bond motifs is 1. The molecule has 1 aromatic heterocycles. The van der Waals surface area contributed by atoms with E-state index in [0.29, 0.717) is 37.3 Å². The van der Waals surface area contributed by atoms with E-state index in [1.165, 1.54) is 15.8 Å². The van der Waals surface area contributed by atoms with E-state index in [1.54, 1.807) is 32.9 Å². The number of carbonyl (C=O) groups excluding carboxylic acids is 1. The van der Waals surface area contributed by atoms with Crippen LogP contribution in [0.4, 0.5) is 4.79 Å². The average molecular weight is 566 g/mol. The van der Waals surface area contributed by atoms with Gasteiger partial charge in [0.15, 0.2) is 6.73 Å². The molecule has 0 spiro atoms. The van der Waals surface area contributed by atoms with Gasteiger partial charge in [0.05, 0.1) is 16.5 Å². The maximum Gasteiger partial charge on any atom is 0.407 e. The van der Waals surface area contributed by atoms with E-state index in [9.17, 15) is 19.5 Å². The van der Waals surface area contributed by atoms with Crippen LogP contribution in [0.2, 0.25) is 0 Å². The molecule has 0 saturated carbocycles. The van der Waals surface area contributed by atoms with Gasteiger partial charge in [-0.15, -0.1) is 0 Å². The molecule has 2 heterocycles. The maximum absolute atomic E-state index is 13.7. The Morgan fingerprint density at radius 1 is 1.05 bits per heavy atom. The molecule has 1 aliphatic heterocycles. The number of hydrogen-bond donors (Lipinski definition) is 1. The number of amides is 1. The fraction of sp³-hybridized carbons (Fsp3) is 0.484. The molecule has 1 fully saturated rings. The van der Waals surface area contributed by atoms with Gasteiger partial charge in [-0.2, -0.15) is 0 Å². The standard InChI is InChI=1S/C31H39N3O7/c1-29(2,3)27(36)41-20-33-19-32-23-15-22(39-17-21-11-8-7-9-12-21)16-24(25(23)26(33)35)40-18-31(30(4,5)6)13-10-14-34(31)28(37)38/h7-9,11-12,15-16,19H,10,13-14,17-18,20H2,1-6H3,(H,37,38)/t31-/m0/s1. The lowest BCUT2D eigenvalue weighted by Gasteiger charge is -2.46. The number of carbonyl (C=O) groups is 2. The highest BCUT2D eigenvalue weighted by molar-refractivity contribution is 5.86. The highest BCUT2D eigenvalue weighted by Crippen LogP contribution is 2.44. The number of ether oxygens (including phenoxy) is 3. The fourth-order valence-corrected chi connectivity index (χ4v) is 5.10. The molecule has 41 heavy (non-hydrogen) atoms. The summed E-state index contributed by atoms with van der Waals surface area (Å²) in [5.41, 5.74) is -1.12. The van der Waals surface area contributed by atoms with Crippen LogP contribution in [0, 0.1) is 10.8 Å². The Hall–Kier alpha value is -4.08. The number of benzene rings is 2. The number of likely N-dealkylation sites (tertiary alicyclic amines) is 1. The quantitative estimate of drug-likeness (QED) is 0.358. The number of rotatable bonds is 8. The van der Waals surface area contributed by atoms with Crippen molar-refractivity contribution in [3.05, 3.63) is 64.7 Å². The van der Waals surface area contributed by atoms with Gasteiger partial charge in [0.25, 0.3) is 5.56 Å². The van der Waals surface area contributed by atoms with Crippen molar-refractivity contribution in [2.24, 2.45) is 10.8 Å². The van der Waals surface area contributed by atoms with Crippen LogP contribution in [0.3, 0.4) is 0 Å². The van der Waals surface area contributed by atoms with Crippen LogP contribution in [-0.4, -0.2) is 50.3 Å². The fourth-order valence-electron chi connectivity index (χ4n) is 5.10. The van der Waals surface area contributed by atoms with Crippen LogP contribution >= 0.6 is 0 Å². The van der Waals surface area contributed by atoms with Crippen molar-refractivity contribution in [3.8, 4) is 11.5 Å². The third-order valence-electron chi connectivity index (χ3n) is 7.64. The molecule has 1 atom stereocenters. The van der Waals surface area contributed by atoms with Gasteiger partial charge in [0.1, 0.15) is 36.4 Å². The zero-order valence-corrected chi connectivity index (χ0v) is 24.6. The maximum atomic E-state index is 13.7. The van der Waals surface area contributed by atoms with Crippen molar-refractivity contribution in [3.63, 3.8) is 0 Å². The molecule has 0 radical (unpaired) electrons. The lowest BCUT2D eigenvalue weighted by molar-refractivity contribution is -0.157. The normalized spacial score (nSPS) is 17.5. The lowest BCUT2D eigenvalue weighted by atomic mass is 9.72. The predicted octanol–water partition coefficient (Wildman–Crippen LogP) is 5.46. The summed E-state index contributed by atoms with van der Waals surface area (Å²) < 4.78 is 19.0. The predicted molar refractivity (Wildman–Crippen MR) is 154 cm³/mol. The second kappa shape index (κ2) is 11.4. The summed E-state index contributed by atoms with van der Waals surface area (Å²) in [7, 11) is 0. The van der Waals surface area contributed by atoms with Crippen molar-refractivity contribution in [1.29, 1.82) is 0 Å². The molecule has 0 bridgehead atoms. The zero-order valence-electron chi connectivity index (χ0n) is 24.6. The van der Waals surface area contributed by atoms with E-state index >= 15 is 0 Å². The Morgan fingerprint density at radius 3 is 2.39 bits per heavy atom. The molecule has 1 aliphatic rings. The molecule has 3 aromatic rings. The molecule has 10 heteroatoms. The van der Waals surface area contributed by atoms with E-state index in [1.807, 2.05) is 51.1 Å². The molecular weight excluding hydrogens is 526 g/mol. The van der Waals surface area contributed by atoms with E-state index in [0.717, 1.165) is 5.56 Å². The molecule has 0 unspecified atom stereocenters. The molecule has 1 N–H and O–H groups in total. The van der Waals surface area contributed by atoms with Crippen LogP contribution in [0.5, 0.6) is 11.5 Å². The summed E-state index contributed by atoms with van der Waals surface area (Å²) in [5.74, 6) is 0.222. The Kier molecular flexibility index (Phi) is 8.33. The third-order valence-corrected chi connectivity index (χ3v) is 7.64. The highest BCUT2D eigenvalue weighted by Gasteiger charge is 2.52. The minimum absolute atomic E-state index is 0.0351. The van der Waals surface area contributed by atoms with Gasteiger partial charge >= 0.3 is 12.1 Å². The van der Waals surface area contributed by atoms with Crippen molar-refractivity contribution in [2.45, 2.75) is 73.3 Å². The van der Waals surface area contributed by atoms with E-state index in [4.69, 9.17) is 14.2 Å². The van der Waals surface area contributed by atoms with Crippen LogP contribution in [0.15, 0.2) is 53.6 Å². The monoisotopic (exact) mass is 565 g/mol. The first-order valence-electron chi connectivity index (χ1n) is 13.7. The second-order valence-corrected chi connectivity index (χ2v) is 12.5. The van der Waals surface area contributed by atoms with Gasteiger partial charge in [-0.05, 0) is 44.6 Å².